The zero-order valence-corrected chi connectivity index (χ0v) is 8.71. The second-order valence-corrected chi connectivity index (χ2v) is 3.54. The third-order valence-electron chi connectivity index (χ3n) is 2.60. The number of hydrogen-bond donors (Lipinski definition) is 1. The van der Waals surface area contributed by atoms with E-state index < -0.39 is 0 Å². The summed E-state index contributed by atoms with van der Waals surface area (Å²) in [5.41, 5.74) is 0. The summed E-state index contributed by atoms with van der Waals surface area (Å²) in [6.45, 7) is 7.46. The summed E-state index contributed by atoms with van der Waals surface area (Å²) >= 11 is 0. The molecule has 0 bridgehead atoms. The molecule has 0 spiro atoms. The van der Waals surface area contributed by atoms with Crippen LogP contribution in [0.25, 0.3) is 0 Å². The van der Waals surface area contributed by atoms with Gasteiger partial charge >= 0.3 is 0 Å². The monoisotopic (exact) mass is 185 g/mol. The molecule has 1 amide bonds. The number of hydrogen-bond acceptors (Lipinski definition) is 3. The van der Waals surface area contributed by atoms with Crippen LogP contribution in [0.4, 0.5) is 0 Å². The molecule has 1 rings (SSSR count). The van der Waals surface area contributed by atoms with Gasteiger partial charge in [0.25, 0.3) is 0 Å². The van der Waals surface area contributed by atoms with Gasteiger partial charge in [-0.15, -0.1) is 0 Å². The molecule has 1 heterocycles. The Labute approximate surface area is 79.9 Å². The van der Waals surface area contributed by atoms with Crippen LogP contribution < -0.4 is 5.32 Å². The first kappa shape index (κ1) is 10.5. The standard InChI is InChI=1S/C9H19N3O/c1-4-11(3)5-6-12-8(2)10-7-9(12)13/h8,10H,4-7H2,1-3H3. The van der Waals surface area contributed by atoms with Gasteiger partial charge in [-0.3, -0.25) is 10.1 Å². The third kappa shape index (κ3) is 2.67. The number of carbonyl (C=O) groups excluding carboxylic acids is 1. The summed E-state index contributed by atoms with van der Waals surface area (Å²) < 4.78 is 0. The molecule has 13 heavy (non-hydrogen) atoms. The van der Waals surface area contributed by atoms with Crippen molar-refractivity contribution in [1.29, 1.82) is 0 Å². The van der Waals surface area contributed by atoms with E-state index in [1.807, 2.05) is 11.8 Å². The lowest BCUT2D eigenvalue weighted by Crippen LogP contribution is -2.39. The fourth-order valence-corrected chi connectivity index (χ4v) is 1.42. The highest BCUT2D eigenvalue weighted by Crippen LogP contribution is 2.03. The Kier molecular flexibility index (Phi) is 3.69. The maximum Gasteiger partial charge on any atom is 0.237 e. The van der Waals surface area contributed by atoms with Gasteiger partial charge in [-0.25, -0.2) is 0 Å². The SMILES string of the molecule is CCN(C)CCN1C(=O)CNC1C. The van der Waals surface area contributed by atoms with Gasteiger partial charge in [-0.2, -0.15) is 0 Å². The fraction of sp³-hybridized carbons (Fsp3) is 0.889. The predicted molar refractivity (Wildman–Crippen MR) is 52.3 cm³/mol. The Morgan fingerprint density at radius 3 is 2.85 bits per heavy atom. The molecule has 1 aliphatic heterocycles. The quantitative estimate of drug-likeness (QED) is 0.654. The Morgan fingerprint density at radius 1 is 1.69 bits per heavy atom. The van der Waals surface area contributed by atoms with E-state index in [1.54, 1.807) is 0 Å². The summed E-state index contributed by atoms with van der Waals surface area (Å²) in [4.78, 5) is 15.4. The minimum Gasteiger partial charge on any atom is -0.325 e. The third-order valence-corrected chi connectivity index (χ3v) is 2.60. The number of amides is 1. The van der Waals surface area contributed by atoms with Crippen molar-refractivity contribution >= 4 is 5.91 Å². The van der Waals surface area contributed by atoms with Gasteiger partial charge < -0.3 is 9.80 Å². The Balaban J connectivity index is 2.31. The Bertz CT molecular complexity index is 184. The van der Waals surface area contributed by atoms with Crippen molar-refractivity contribution in [2.45, 2.75) is 20.0 Å². The smallest absolute Gasteiger partial charge is 0.237 e. The van der Waals surface area contributed by atoms with Crippen LogP contribution in [-0.2, 0) is 4.79 Å². The fourth-order valence-electron chi connectivity index (χ4n) is 1.42. The van der Waals surface area contributed by atoms with E-state index in [-0.39, 0.29) is 12.1 Å². The van der Waals surface area contributed by atoms with Gasteiger partial charge in [0.15, 0.2) is 0 Å². The van der Waals surface area contributed by atoms with Crippen molar-refractivity contribution in [2.75, 3.05) is 33.2 Å². The summed E-state index contributed by atoms with van der Waals surface area (Å²) in [6, 6.07) is 0. The van der Waals surface area contributed by atoms with Gasteiger partial charge in [0, 0.05) is 13.1 Å². The zero-order chi connectivity index (χ0) is 9.84. The molecule has 0 saturated carbocycles. The normalized spacial score (nSPS) is 23.2. The number of carbonyl (C=O) groups is 1. The van der Waals surface area contributed by atoms with E-state index in [0.29, 0.717) is 6.54 Å². The maximum atomic E-state index is 11.3. The van der Waals surface area contributed by atoms with Crippen LogP contribution in [-0.4, -0.2) is 55.1 Å². The molecule has 1 saturated heterocycles. The van der Waals surface area contributed by atoms with Crippen LogP contribution in [0, 0.1) is 0 Å². The highest BCUT2D eigenvalue weighted by Gasteiger charge is 2.26. The minimum absolute atomic E-state index is 0.206. The van der Waals surface area contributed by atoms with Gasteiger partial charge in [0.1, 0.15) is 0 Å². The summed E-state index contributed by atoms with van der Waals surface area (Å²) in [5.74, 6) is 0.219. The van der Waals surface area contributed by atoms with Crippen molar-refractivity contribution < 1.29 is 4.79 Å². The van der Waals surface area contributed by atoms with Crippen LogP contribution in [0.5, 0.6) is 0 Å². The molecule has 0 radical (unpaired) electrons. The van der Waals surface area contributed by atoms with Gasteiger partial charge in [0.2, 0.25) is 5.91 Å². The van der Waals surface area contributed by atoms with E-state index in [2.05, 4.69) is 24.2 Å². The average Bonchev–Trinajstić information content (AvgIpc) is 2.43. The van der Waals surface area contributed by atoms with Crippen molar-refractivity contribution in [1.82, 2.24) is 15.1 Å². The molecule has 0 aliphatic carbocycles. The first-order valence-electron chi connectivity index (χ1n) is 4.86. The summed E-state index contributed by atoms with van der Waals surface area (Å²) in [5, 5.41) is 3.12. The minimum atomic E-state index is 0.206. The average molecular weight is 185 g/mol. The molecule has 0 aromatic heterocycles. The van der Waals surface area contributed by atoms with E-state index in [1.165, 1.54) is 0 Å². The molecular formula is C9H19N3O. The van der Waals surface area contributed by atoms with Crippen molar-refractivity contribution in [2.24, 2.45) is 0 Å². The number of rotatable bonds is 4. The number of nitrogens with one attached hydrogen (secondary N) is 1. The van der Waals surface area contributed by atoms with Crippen LogP contribution in [0.15, 0.2) is 0 Å². The van der Waals surface area contributed by atoms with Crippen molar-refractivity contribution in [3.8, 4) is 0 Å². The highest BCUT2D eigenvalue weighted by atomic mass is 16.2. The lowest BCUT2D eigenvalue weighted by atomic mass is 10.4. The molecule has 1 atom stereocenters. The zero-order valence-electron chi connectivity index (χ0n) is 8.71. The molecular weight excluding hydrogens is 166 g/mol. The van der Waals surface area contributed by atoms with Gasteiger partial charge in [-0.05, 0) is 20.5 Å². The van der Waals surface area contributed by atoms with Crippen molar-refractivity contribution in [3.63, 3.8) is 0 Å². The second kappa shape index (κ2) is 4.58. The molecule has 1 fully saturated rings. The van der Waals surface area contributed by atoms with E-state index in [9.17, 15) is 4.79 Å². The molecule has 1 unspecified atom stereocenters. The van der Waals surface area contributed by atoms with E-state index in [4.69, 9.17) is 0 Å². The second-order valence-electron chi connectivity index (χ2n) is 3.54. The first-order chi connectivity index (χ1) is 6.15. The molecule has 0 aromatic carbocycles. The van der Waals surface area contributed by atoms with Crippen LogP contribution >= 0.6 is 0 Å². The Morgan fingerprint density at radius 2 is 2.38 bits per heavy atom. The predicted octanol–water partition coefficient (Wildman–Crippen LogP) is -0.284. The molecule has 0 aromatic rings. The molecule has 1 aliphatic rings. The van der Waals surface area contributed by atoms with Gasteiger partial charge in [-0.1, -0.05) is 6.92 Å². The topological polar surface area (TPSA) is 35.6 Å². The van der Waals surface area contributed by atoms with Gasteiger partial charge in [0.05, 0.1) is 12.7 Å². The lowest BCUT2D eigenvalue weighted by Gasteiger charge is -2.23. The van der Waals surface area contributed by atoms with Crippen LogP contribution in [0.1, 0.15) is 13.8 Å². The van der Waals surface area contributed by atoms with Crippen LogP contribution in [0.3, 0.4) is 0 Å². The summed E-state index contributed by atoms with van der Waals surface area (Å²) in [6.07, 6.45) is 0.206. The molecule has 4 heteroatoms. The lowest BCUT2D eigenvalue weighted by molar-refractivity contribution is -0.127. The Hall–Kier alpha value is -0.610. The molecule has 76 valence electrons. The highest BCUT2D eigenvalue weighted by molar-refractivity contribution is 5.80. The molecule has 1 N–H and O–H groups in total. The first-order valence-corrected chi connectivity index (χ1v) is 4.86. The number of likely N-dealkylation sites (N-methyl/N-ethyl adjacent to an activating group) is 1. The number of nitrogens with zero attached hydrogens (tertiary/aromatic N) is 2. The molecule has 4 nitrogen and oxygen atoms in total. The maximum absolute atomic E-state index is 11.3. The largest absolute Gasteiger partial charge is 0.325 e. The van der Waals surface area contributed by atoms with Crippen LogP contribution in [0.2, 0.25) is 0 Å². The van der Waals surface area contributed by atoms with E-state index in [0.717, 1.165) is 19.6 Å². The van der Waals surface area contributed by atoms with E-state index >= 15 is 0 Å². The van der Waals surface area contributed by atoms with Crippen molar-refractivity contribution in [3.05, 3.63) is 0 Å². The summed E-state index contributed by atoms with van der Waals surface area (Å²) in [7, 11) is 2.07.